The Morgan fingerprint density at radius 3 is 2.54 bits per heavy atom. The fourth-order valence-electron chi connectivity index (χ4n) is 3.12. The number of carbonyl (C=O) groups is 2. The van der Waals surface area contributed by atoms with Gasteiger partial charge in [0.1, 0.15) is 5.75 Å². The van der Waals surface area contributed by atoms with Crippen molar-refractivity contribution >= 4 is 57.0 Å². The molecular formula is C22H16ClNO3S. The Balaban J connectivity index is 1.79. The molecule has 0 radical (unpaired) electrons. The van der Waals surface area contributed by atoms with Gasteiger partial charge in [-0.2, -0.15) is 0 Å². The van der Waals surface area contributed by atoms with Gasteiger partial charge in [-0.05, 0) is 65.9 Å². The summed E-state index contributed by atoms with van der Waals surface area (Å²) in [7, 11) is 0. The second-order valence-corrected chi connectivity index (χ2v) is 7.55. The van der Waals surface area contributed by atoms with Gasteiger partial charge in [-0.25, -0.2) is 4.90 Å². The van der Waals surface area contributed by atoms with Crippen molar-refractivity contribution in [3.63, 3.8) is 0 Å². The molecule has 1 aliphatic rings. The Kier molecular flexibility index (Phi) is 5.11. The van der Waals surface area contributed by atoms with Crippen molar-refractivity contribution in [2.24, 2.45) is 0 Å². The standard InChI is InChI=1S/C22H16ClNO3S/c1-2-27-19-12-7-14-5-3-4-6-17(14)18(19)13-20-21(25)24(22(26)28-20)16-10-8-15(23)9-11-16/h3-13H,2H2,1H3. The molecule has 0 bridgehead atoms. The maximum absolute atomic E-state index is 13.0. The Labute approximate surface area is 171 Å². The van der Waals surface area contributed by atoms with Gasteiger partial charge >= 0.3 is 0 Å². The van der Waals surface area contributed by atoms with Gasteiger partial charge in [0.05, 0.1) is 17.2 Å². The van der Waals surface area contributed by atoms with E-state index in [0.717, 1.165) is 33.0 Å². The van der Waals surface area contributed by atoms with E-state index in [9.17, 15) is 9.59 Å². The Morgan fingerprint density at radius 2 is 1.79 bits per heavy atom. The molecule has 0 spiro atoms. The molecule has 0 atom stereocenters. The molecule has 0 unspecified atom stereocenters. The highest BCUT2D eigenvalue weighted by Crippen LogP contribution is 2.38. The van der Waals surface area contributed by atoms with Crippen LogP contribution in [0.1, 0.15) is 12.5 Å². The number of carbonyl (C=O) groups excluding carboxylic acids is 2. The molecule has 1 fully saturated rings. The van der Waals surface area contributed by atoms with Crippen molar-refractivity contribution in [1.82, 2.24) is 0 Å². The highest BCUT2D eigenvalue weighted by molar-refractivity contribution is 8.19. The van der Waals surface area contributed by atoms with E-state index in [0.29, 0.717) is 28.0 Å². The van der Waals surface area contributed by atoms with Crippen LogP contribution in [0.3, 0.4) is 0 Å². The summed E-state index contributed by atoms with van der Waals surface area (Å²) < 4.78 is 5.76. The molecule has 28 heavy (non-hydrogen) atoms. The summed E-state index contributed by atoms with van der Waals surface area (Å²) in [5, 5.41) is 2.21. The van der Waals surface area contributed by atoms with Crippen LogP contribution in [0.4, 0.5) is 10.5 Å². The third-order valence-electron chi connectivity index (χ3n) is 4.38. The number of amides is 2. The summed E-state index contributed by atoms with van der Waals surface area (Å²) in [6.07, 6.45) is 1.74. The maximum Gasteiger partial charge on any atom is 0.298 e. The Hall–Kier alpha value is -2.76. The molecule has 4 rings (SSSR count). The Morgan fingerprint density at radius 1 is 1.04 bits per heavy atom. The van der Waals surface area contributed by atoms with Crippen LogP contribution in [0.2, 0.25) is 5.02 Å². The van der Waals surface area contributed by atoms with Crippen LogP contribution in [0.5, 0.6) is 5.75 Å². The van der Waals surface area contributed by atoms with Crippen molar-refractivity contribution in [2.75, 3.05) is 11.5 Å². The van der Waals surface area contributed by atoms with Gasteiger partial charge in [0.2, 0.25) is 0 Å². The first-order valence-electron chi connectivity index (χ1n) is 8.76. The van der Waals surface area contributed by atoms with E-state index in [4.69, 9.17) is 16.3 Å². The lowest BCUT2D eigenvalue weighted by atomic mass is 10.0. The number of thioether (sulfide) groups is 1. The van der Waals surface area contributed by atoms with Gasteiger partial charge in [-0.1, -0.05) is 41.9 Å². The van der Waals surface area contributed by atoms with Crippen molar-refractivity contribution in [3.8, 4) is 5.75 Å². The summed E-state index contributed by atoms with van der Waals surface area (Å²) in [6.45, 7) is 2.42. The van der Waals surface area contributed by atoms with Crippen LogP contribution < -0.4 is 9.64 Å². The van der Waals surface area contributed by atoms with E-state index in [2.05, 4.69) is 0 Å². The van der Waals surface area contributed by atoms with Crippen LogP contribution in [0, 0.1) is 0 Å². The number of rotatable bonds is 4. The molecule has 1 saturated heterocycles. The van der Waals surface area contributed by atoms with Crippen LogP contribution in [0.15, 0.2) is 65.6 Å². The Bertz CT molecular complexity index is 1110. The number of halogens is 1. The summed E-state index contributed by atoms with van der Waals surface area (Å²) in [4.78, 5) is 27.0. The number of benzene rings is 3. The average Bonchev–Trinajstić information content (AvgIpc) is 2.98. The number of fused-ring (bicyclic) bond motifs is 1. The molecule has 0 N–H and O–H groups in total. The minimum atomic E-state index is -0.354. The number of hydrogen-bond acceptors (Lipinski definition) is 4. The SMILES string of the molecule is CCOc1ccc2ccccc2c1C=C1SC(=O)N(c2ccc(Cl)cc2)C1=O. The summed E-state index contributed by atoms with van der Waals surface area (Å²) in [6, 6.07) is 18.4. The van der Waals surface area contributed by atoms with Gasteiger partial charge < -0.3 is 4.74 Å². The van der Waals surface area contributed by atoms with Gasteiger partial charge in [0.15, 0.2) is 0 Å². The predicted molar refractivity (Wildman–Crippen MR) is 115 cm³/mol. The maximum atomic E-state index is 13.0. The lowest BCUT2D eigenvalue weighted by Gasteiger charge is -2.13. The normalized spacial score (nSPS) is 15.6. The number of hydrogen-bond donors (Lipinski definition) is 0. The summed E-state index contributed by atoms with van der Waals surface area (Å²) in [5.41, 5.74) is 1.29. The molecule has 3 aromatic rings. The third kappa shape index (κ3) is 3.39. The molecule has 0 aliphatic carbocycles. The van der Waals surface area contributed by atoms with Gasteiger partial charge in [-0.3, -0.25) is 9.59 Å². The van der Waals surface area contributed by atoms with E-state index in [1.165, 1.54) is 0 Å². The van der Waals surface area contributed by atoms with Crippen LogP contribution in [-0.4, -0.2) is 17.8 Å². The molecule has 0 aromatic heterocycles. The second-order valence-electron chi connectivity index (χ2n) is 6.13. The van der Waals surface area contributed by atoms with E-state index < -0.39 is 0 Å². The smallest absolute Gasteiger partial charge is 0.298 e. The molecule has 140 valence electrons. The molecule has 3 aromatic carbocycles. The van der Waals surface area contributed by atoms with Crippen molar-refractivity contribution < 1.29 is 14.3 Å². The lowest BCUT2D eigenvalue weighted by Crippen LogP contribution is -2.27. The van der Waals surface area contributed by atoms with Gasteiger partial charge in [0.25, 0.3) is 11.1 Å². The zero-order chi connectivity index (χ0) is 19.7. The van der Waals surface area contributed by atoms with Crippen LogP contribution >= 0.6 is 23.4 Å². The first kappa shape index (κ1) is 18.6. The topological polar surface area (TPSA) is 46.6 Å². The fraction of sp³-hybridized carbons (Fsp3) is 0.0909. The number of ether oxygens (including phenoxy) is 1. The third-order valence-corrected chi connectivity index (χ3v) is 5.51. The number of nitrogens with zero attached hydrogens (tertiary/aromatic N) is 1. The summed E-state index contributed by atoms with van der Waals surface area (Å²) >= 11 is 6.83. The first-order chi connectivity index (χ1) is 13.6. The number of imide groups is 1. The molecule has 1 aliphatic heterocycles. The van der Waals surface area contributed by atoms with Crippen molar-refractivity contribution in [3.05, 3.63) is 76.2 Å². The van der Waals surface area contributed by atoms with E-state index in [1.807, 2.05) is 43.3 Å². The molecule has 6 heteroatoms. The van der Waals surface area contributed by atoms with Crippen molar-refractivity contribution in [2.45, 2.75) is 6.92 Å². The van der Waals surface area contributed by atoms with E-state index >= 15 is 0 Å². The number of anilines is 1. The molecule has 0 saturated carbocycles. The van der Waals surface area contributed by atoms with Crippen molar-refractivity contribution in [1.29, 1.82) is 0 Å². The van der Waals surface area contributed by atoms with E-state index in [1.54, 1.807) is 30.3 Å². The molecular weight excluding hydrogens is 394 g/mol. The molecule has 4 nitrogen and oxygen atoms in total. The largest absolute Gasteiger partial charge is 0.493 e. The van der Waals surface area contributed by atoms with E-state index in [-0.39, 0.29) is 11.1 Å². The van der Waals surface area contributed by atoms with Gasteiger partial charge in [0, 0.05) is 10.6 Å². The highest BCUT2D eigenvalue weighted by atomic mass is 35.5. The summed E-state index contributed by atoms with van der Waals surface area (Å²) in [5.74, 6) is 0.326. The quantitative estimate of drug-likeness (QED) is 0.486. The minimum Gasteiger partial charge on any atom is -0.493 e. The second kappa shape index (κ2) is 7.70. The first-order valence-corrected chi connectivity index (χ1v) is 9.96. The zero-order valence-corrected chi connectivity index (χ0v) is 16.6. The minimum absolute atomic E-state index is 0.336. The highest BCUT2D eigenvalue weighted by Gasteiger charge is 2.36. The van der Waals surface area contributed by atoms with Crippen LogP contribution in [-0.2, 0) is 4.79 Å². The predicted octanol–water partition coefficient (Wildman–Crippen LogP) is 6.13. The molecule has 2 amide bonds. The molecule has 1 heterocycles. The fourth-order valence-corrected chi connectivity index (χ4v) is 4.07. The zero-order valence-electron chi connectivity index (χ0n) is 15.0. The van der Waals surface area contributed by atoms with Crippen LogP contribution in [0.25, 0.3) is 16.8 Å². The van der Waals surface area contributed by atoms with Gasteiger partial charge in [-0.15, -0.1) is 0 Å². The monoisotopic (exact) mass is 409 g/mol. The average molecular weight is 410 g/mol. The lowest BCUT2D eigenvalue weighted by molar-refractivity contribution is -0.113.